The first kappa shape index (κ1) is 17.6. The maximum absolute atomic E-state index is 13.0. The van der Waals surface area contributed by atoms with Crippen molar-refractivity contribution in [3.05, 3.63) is 23.8 Å². The first-order valence-corrected chi connectivity index (χ1v) is 9.02. The molecule has 1 unspecified atom stereocenters. The molecule has 2 fully saturated rings. The molecule has 1 amide bonds. The molecule has 1 atom stereocenters. The van der Waals surface area contributed by atoms with E-state index >= 15 is 0 Å². The highest BCUT2D eigenvalue weighted by Gasteiger charge is 2.37. The van der Waals surface area contributed by atoms with Crippen molar-refractivity contribution in [2.75, 3.05) is 19.8 Å². The molecule has 0 radical (unpaired) electrons. The first-order valence-electron chi connectivity index (χ1n) is 9.02. The van der Waals surface area contributed by atoms with Gasteiger partial charge in [-0.15, -0.1) is 0 Å². The second-order valence-corrected chi connectivity index (χ2v) is 6.68. The number of amides is 1. The molecule has 2 aliphatic rings. The Morgan fingerprint density at radius 3 is 2.60 bits per heavy atom. The number of likely N-dealkylation sites (tertiary alicyclic amines) is 1. The Labute approximate surface area is 147 Å². The van der Waals surface area contributed by atoms with Crippen molar-refractivity contribution in [3.8, 4) is 11.5 Å². The third-order valence-electron chi connectivity index (χ3n) is 5.10. The summed E-state index contributed by atoms with van der Waals surface area (Å²) in [6.07, 6.45) is 5.87. The summed E-state index contributed by atoms with van der Waals surface area (Å²) in [7, 11) is 0. The number of hydrogen-bond acceptors (Lipinski definition) is 4. The van der Waals surface area contributed by atoms with Crippen LogP contribution in [0.2, 0.25) is 0 Å². The molecule has 1 N–H and O–H groups in total. The lowest BCUT2D eigenvalue weighted by molar-refractivity contribution is -0.139. The van der Waals surface area contributed by atoms with Crippen LogP contribution < -0.4 is 9.47 Å². The number of hydrogen-bond donors (Lipinski definition) is 1. The summed E-state index contributed by atoms with van der Waals surface area (Å²) in [6, 6.07) is 5.34. The highest BCUT2D eigenvalue weighted by atomic mass is 16.5. The molecule has 0 spiro atoms. The molecule has 1 aliphatic heterocycles. The fourth-order valence-corrected chi connectivity index (χ4v) is 3.69. The average Bonchev–Trinajstić information content (AvgIpc) is 3.00. The summed E-state index contributed by atoms with van der Waals surface area (Å²) in [5, 5.41) is 8.77. The predicted octanol–water partition coefficient (Wildman–Crippen LogP) is 2.95. The molecule has 136 valence electrons. The number of carbonyl (C=O) groups is 2. The smallest absolute Gasteiger partial charge is 0.341 e. The van der Waals surface area contributed by atoms with Gasteiger partial charge in [0.1, 0.15) is 0 Å². The van der Waals surface area contributed by atoms with E-state index in [2.05, 4.69) is 0 Å². The van der Waals surface area contributed by atoms with Gasteiger partial charge in [0, 0.05) is 18.2 Å². The minimum absolute atomic E-state index is 0.0279. The Morgan fingerprint density at radius 1 is 1.16 bits per heavy atom. The molecule has 3 rings (SSSR count). The fourth-order valence-electron chi connectivity index (χ4n) is 3.69. The van der Waals surface area contributed by atoms with Gasteiger partial charge in [-0.2, -0.15) is 0 Å². The van der Waals surface area contributed by atoms with E-state index in [1.54, 1.807) is 18.2 Å². The Bertz CT molecular complexity index is 641. The van der Waals surface area contributed by atoms with Gasteiger partial charge in [-0.3, -0.25) is 4.79 Å². The van der Waals surface area contributed by atoms with Crippen LogP contribution in [0.3, 0.4) is 0 Å². The van der Waals surface area contributed by atoms with Crippen LogP contribution in [0.25, 0.3) is 0 Å². The molecule has 1 saturated heterocycles. The largest absolute Gasteiger partial charge is 0.490 e. The summed E-state index contributed by atoms with van der Waals surface area (Å²) in [6.45, 7) is 2.61. The lowest BCUT2D eigenvalue weighted by Crippen LogP contribution is -2.42. The third-order valence-corrected chi connectivity index (χ3v) is 5.10. The van der Waals surface area contributed by atoms with Gasteiger partial charge < -0.3 is 19.5 Å². The summed E-state index contributed by atoms with van der Waals surface area (Å²) in [5.74, 6) is 0.380. The molecular weight excluding hydrogens is 322 g/mol. The summed E-state index contributed by atoms with van der Waals surface area (Å²) < 4.78 is 10.8. The zero-order valence-corrected chi connectivity index (χ0v) is 14.6. The van der Waals surface area contributed by atoms with Crippen LogP contribution in [0, 0.1) is 5.92 Å². The van der Waals surface area contributed by atoms with Crippen molar-refractivity contribution in [1.29, 1.82) is 0 Å². The highest BCUT2D eigenvalue weighted by Crippen LogP contribution is 2.38. The SMILES string of the molecule is CCOc1cc(C(=O)N2CCCC2C2CCC2)ccc1OCC(=O)O. The van der Waals surface area contributed by atoms with Crippen LogP contribution in [-0.4, -0.2) is 47.7 Å². The van der Waals surface area contributed by atoms with E-state index in [1.807, 2.05) is 11.8 Å². The van der Waals surface area contributed by atoms with E-state index in [0.29, 0.717) is 35.6 Å². The van der Waals surface area contributed by atoms with Crippen molar-refractivity contribution in [1.82, 2.24) is 4.90 Å². The molecule has 0 bridgehead atoms. The summed E-state index contributed by atoms with van der Waals surface area (Å²) in [4.78, 5) is 25.7. The van der Waals surface area contributed by atoms with Gasteiger partial charge >= 0.3 is 5.97 Å². The van der Waals surface area contributed by atoms with Gasteiger partial charge in [-0.05, 0) is 56.7 Å². The van der Waals surface area contributed by atoms with Crippen molar-refractivity contribution in [2.45, 2.75) is 45.1 Å². The van der Waals surface area contributed by atoms with Crippen LogP contribution in [0.4, 0.5) is 0 Å². The second-order valence-electron chi connectivity index (χ2n) is 6.68. The molecule has 1 saturated carbocycles. The van der Waals surface area contributed by atoms with Crippen molar-refractivity contribution >= 4 is 11.9 Å². The van der Waals surface area contributed by atoms with E-state index < -0.39 is 12.6 Å². The molecule has 25 heavy (non-hydrogen) atoms. The van der Waals surface area contributed by atoms with E-state index in [4.69, 9.17) is 14.6 Å². The monoisotopic (exact) mass is 347 g/mol. The molecule has 1 heterocycles. The van der Waals surface area contributed by atoms with Gasteiger partial charge in [-0.1, -0.05) is 6.42 Å². The maximum Gasteiger partial charge on any atom is 0.341 e. The number of benzene rings is 1. The standard InChI is InChI=1S/C19H25NO5/c1-2-24-17-11-14(8-9-16(17)25-12-18(21)22)19(23)20-10-4-7-15(20)13-5-3-6-13/h8-9,11,13,15H,2-7,10,12H2,1H3,(H,21,22). The number of nitrogens with zero attached hydrogens (tertiary/aromatic N) is 1. The fraction of sp³-hybridized carbons (Fsp3) is 0.579. The minimum atomic E-state index is -1.05. The molecule has 0 aromatic heterocycles. The van der Waals surface area contributed by atoms with E-state index in [1.165, 1.54) is 19.3 Å². The quantitative estimate of drug-likeness (QED) is 0.821. The predicted molar refractivity (Wildman–Crippen MR) is 92.1 cm³/mol. The Hall–Kier alpha value is -2.24. The van der Waals surface area contributed by atoms with Gasteiger partial charge in [0.15, 0.2) is 18.1 Å². The number of carboxylic acid groups (broad SMARTS) is 1. The van der Waals surface area contributed by atoms with Crippen molar-refractivity contribution in [3.63, 3.8) is 0 Å². The van der Waals surface area contributed by atoms with Crippen LogP contribution in [0.1, 0.15) is 49.4 Å². The Kier molecular flexibility index (Phi) is 5.46. The molecule has 6 heteroatoms. The lowest BCUT2D eigenvalue weighted by atomic mass is 9.78. The minimum Gasteiger partial charge on any atom is -0.490 e. The van der Waals surface area contributed by atoms with E-state index in [9.17, 15) is 9.59 Å². The molecule has 6 nitrogen and oxygen atoms in total. The Morgan fingerprint density at radius 2 is 1.96 bits per heavy atom. The first-order chi connectivity index (χ1) is 12.1. The summed E-state index contributed by atoms with van der Waals surface area (Å²) in [5.41, 5.74) is 0.567. The topological polar surface area (TPSA) is 76.1 Å². The molecule has 1 aromatic rings. The van der Waals surface area contributed by atoms with Gasteiger partial charge in [0.2, 0.25) is 0 Å². The van der Waals surface area contributed by atoms with Gasteiger partial charge in [0.25, 0.3) is 5.91 Å². The number of rotatable bonds is 7. The van der Waals surface area contributed by atoms with Crippen LogP contribution in [0.15, 0.2) is 18.2 Å². The van der Waals surface area contributed by atoms with Crippen LogP contribution >= 0.6 is 0 Å². The molecule has 1 aliphatic carbocycles. The average molecular weight is 347 g/mol. The molecular formula is C19H25NO5. The van der Waals surface area contributed by atoms with E-state index in [0.717, 1.165) is 19.4 Å². The Balaban J connectivity index is 1.77. The number of carboxylic acids is 1. The number of carbonyl (C=O) groups excluding carboxylic acids is 1. The number of ether oxygens (including phenoxy) is 2. The third kappa shape index (κ3) is 3.89. The second kappa shape index (κ2) is 7.76. The zero-order chi connectivity index (χ0) is 17.8. The van der Waals surface area contributed by atoms with Crippen LogP contribution in [-0.2, 0) is 4.79 Å². The zero-order valence-electron chi connectivity index (χ0n) is 14.6. The maximum atomic E-state index is 13.0. The van der Waals surface area contributed by atoms with Crippen molar-refractivity contribution in [2.24, 2.45) is 5.92 Å². The summed E-state index contributed by atoms with van der Waals surface area (Å²) >= 11 is 0. The van der Waals surface area contributed by atoms with Crippen LogP contribution in [0.5, 0.6) is 11.5 Å². The van der Waals surface area contributed by atoms with Gasteiger partial charge in [-0.25, -0.2) is 4.79 Å². The van der Waals surface area contributed by atoms with Gasteiger partial charge in [0.05, 0.1) is 6.61 Å². The highest BCUT2D eigenvalue weighted by molar-refractivity contribution is 5.95. The number of aliphatic carboxylic acids is 1. The van der Waals surface area contributed by atoms with E-state index in [-0.39, 0.29) is 5.91 Å². The van der Waals surface area contributed by atoms with Crippen molar-refractivity contribution < 1.29 is 24.2 Å². The lowest BCUT2D eigenvalue weighted by Gasteiger charge is -2.37. The molecule has 1 aromatic carbocycles. The normalized spacial score (nSPS) is 20.2.